The Bertz CT molecular complexity index is 670. The van der Waals surface area contributed by atoms with Gasteiger partial charge in [-0.1, -0.05) is 19.9 Å². The van der Waals surface area contributed by atoms with Gasteiger partial charge in [0, 0.05) is 23.3 Å². The van der Waals surface area contributed by atoms with Gasteiger partial charge in [0.2, 0.25) is 10.0 Å². The average molecular weight is 340 g/mol. The molecule has 1 rings (SSSR count). The summed E-state index contributed by atoms with van der Waals surface area (Å²) in [5, 5.41) is 0. The largest absolute Gasteiger partial charge is 0.261 e. The van der Waals surface area contributed by atoms with Gasteiger partial charge < -0.3 is 0 Å². The second-order valence-corrected chi connectivity index (χ2v) is 8.83. The van der Waals surface area contributed by atoms with E-state index in [1.807, 2.05) is 13.8 Å². The van der Waals surface area contributed by atoms with Crippen molar-refractivity contribution in [1.82, 2.24) is 4.31 Å². The zero-order valence-corrected chi connectivity index (χ0v) is 14.0. The van der Waals surface area contributed by atoms with Crippen LogP contribution in [0, 0.1) is 0 Å². The molecule has 0 aromatic heterocycles. The van der Waals surface area contributed by atoms with E-state index in [1.54, 1.807) is 6.92 Å². The molecule has 0 fully saturated rings. The monoisotopic (exact) mass is 339 g/mol. The minimum absolute atomic E-state index is 0.0682. The van der Waals surface area contributed by atoms with Gasteiger partial charge in [0.05, 0.1) is 9.79 Å². The second-order valence-electron chi connectivity index (χ2n) is 4.38. The highest BCUT2D eigenvalue weighted by Crippen LogP contribution is 2.23. The molecule has 0 spiro atoms. The topological polar surface area (TPSA) is 71.5 Å². The first-order valence-corrected chi connectivity index (χ1v) is 9.96. The quantitative estimate of drug-likeness (QED) is 0.746. The van der Waals surface area contributed by atoms with Gasteiger partial charge >= 0.3 is 0 Å². The molecule has 20 heavy (non-hydrogen) atoms. The highest BCUT2D eigenvalue weighted by atomic mass is 35.7. The summed E-state index contributed by atoms with van der Waals surface area (Å²) in [6.45, 7) is 5.76. The predicted octanol–water partition coefficient (Wildman–Crippen LogP) is 2.42. The average Bonchev–Trinajstić information content (AvgIpc) is 2.38. The summed E-state index contributed by atoms with van der Waals surface area (Å²) in [5.74, 6) is 0. The summed E-state index contributed by atoms with van der Waals surface area (Å²) >= 11 is 0. The first-order chi connectivity index (χ1) is 9.14. The standard InChI is InChI=1S/C12H18ClNO4S2/c1-4-10(3)14(5-2)20(17,18)12-8-6-7-11(9-12)19(13,15)16/h6-10H,4-5H2,1-3H3. The Hall–Kier alpha value is -0.630. The van der Waals surface area contributed by atoms with Crippen LogP contribution in [0.15, 0.2) is 34.1 Å². The molecule has 0 aliphatic heterocycles. The third-order valence-electron chi connectivity index (χ3n) is 3.09. The van der Waals surface area contributed by atoms with Crippen LogP contribution in [0.1, 0.15) is 27.2 Å². The normalized spacial score (nSPS) is 14.4. The fraction of sp³-hybridized carbons (Fsp3) is 0.500. The van der Waals surface area contributed by atoms with Crippen LogP contribution in [0.4, 0.5) is 0 Å². The van der Waals surface area contributed by atoms with E-state index in [2.05, 4.69) is 0 Å². The number of benzene rings is 1. The molecule has 0 aliphatic carbocycles. The number of sulfonamides is 1. The summed E-state index contributed by atoms with van der Waals surface area (Å²) in [7, 11) is -2.44. The Balaban J connectivity index is 3.36. The van der Waals surface area contributed by atoms with Crippen molar-refractivity contribution in [2.75, 3.05) is 6.54 Å². The van der Waals surface area contributed by atoms with E-state index in [1.165, 1.54) is 22.5 Å². The molecule has 0 N–H and O–H groups in total. The summed E-state index contributed by atoms with van der Waals surface area (Å²) in [6.07, 6.45) is 0.667. The minimum atomic E-state index is -3.95. The molecule has 0 radical (unpaired) electrons. The van der Waals surface area contributed by atoms with Crippen molar-refractivity contribution in [3.05, 3.63) is 24.3 Å². The van der Waals surface area contributed by atoms with Crippen LogP contribution in [0.2, 0.25) is 0 Å². The van der Waals surface area contributed by atoms with Crippen molar-refractivity contribution in [2.45, 2.75) is 43.0 Å². The van der Waals surface area contributed by atoms with Crippen molar-refractivity contribution >= 4 is 29.8 Å². The van der Waals surface area contributed by atoms with E-state index < -0.39 is 19.1 Å². The van der Waals surface area contributed by atoms with Crippen LogP contribution in [-0.2, 0) is 19.1 Å². The lowest BCUT2D eigenvalue weighted by Gasteiger charge is -2.26. The smallest absolute Gasteiger partial charge is 0.207 e. The van der Waals surface area contributed by atoms with Crippen LogP contribution < -0.4 is 0 Å². The fourth-order valence-electron chi connectivity index (χ4n) is 1.84. The zero-order chi connectivity index (χ0) is 15.6. The Morgan fingerprint density at radius 3 is 2.15 bits per heavy atom. The molecular weight excluding hydrogens is 322 g/mol. The maximum Gasteiger partial charge on any atom is 0.261 e. The Morgan fingerprint density at radius 2 is 1.70 bits per heavy atom. The number of halogens is 1. The van der Waals surface area contributed by atoms with Gasteiger partial charge in [-0.2, -0.15) is 4.31 Å². The Kier molecular flexibility index (Phi) is 5.60. The van der Waals surface area contributed by atoms with Crippen LogP contribution in [0.3, 0.4) is 0 Å². The molecule has 1 atom stereocenters. The van der Waals surface area contributed by atoms with Crippen molar-refractivity contribution in [2.24, 2.45) is 0 Å². The highest BCUT2D eigenvalue weighted by molar-refractivity contribution is 8.13. The SMILES string of the molecule is CCC(C)N(CC)S(=O)(=O)c1cccc(S(=O)(=O)Cl)c1. The zero-order valence-electron chi connectivity index (χ0n) is 11.6. The van der Waals surface area contributed by atoms with Crippen molar-refractivity contribution < 1.29 is 16.8 Å². The number of nitrogens with zero attached hydrogens (tertiary/aromatic N) is 1. The maximum atomic E-state index is 12.5. The van der Waals surface area contributed by atoms with E-state index in [-0.39, 0.29) is 15.8 Å². The summed E-state index contributed by atoms with van der Waals surface area (Å²) in [6, 6.07) is 4.92. The Labute approximate surface area is 125 Å². The first kappa shape index (κ1) is 17.4. The lowest BCUT2D eigenvalue weighted by atomic mass is 10.3. The molecule has 114 valence electrons. The third kappa shape index (κ3) is 3.72. The van der Waals surface area contributed by atoms with Gasteiger partial charge in [-0.25, -0.2) is 16.8 Å². The van der Waals surface area contributed by atoms with Gasteiger partial charge in [0.25, 0.3) is 9.05 Å². The van der Waals surface area contributed by atoms with Gasteiger partial charge in [0.15, 0.2) is 0 Å². The van der Waals surface area contributed by atoms with Crippen LogP contribution in [0.5, 0.6) is 0 Å². The maximum absolute atomic E-state index is 12.5. The van der Waals surface area contributed by atoms with Crippen molar-refractivity contribution in [3.63, 3.8) is 0 Å². The molecule has 1 aromatic carbocycles. The lowest BCUT2D eigenvalue weighted by Crippen LogP contribution is -2.38. The predicted molar refractivity (Wildman–Crippen MR) is 78.8 cm³/mol. The molecule has 5 nitrogen and oxygen atoms in total. The summed E-state index contributed by atoms with van der Waals surface area (Å²) in [4.78, 5) is -0.290. The molecule has 0 saturated heterocycles. The molecule has 0 amide bonds. The van der Waals surface area contributed by atoms with Crippen LogP contribution in [-0.4, -0.2) is 33.7 Å². The van der Waals surface area contributed by atoms with Gasteiger partial charge in [-0.3, -0.25) is 0 Å². The van der Waals surface area contributed by atoms with E-state index in [9.17, 15) is 16.8 Å². The Morgan fingerprint density at radius 1 is 1.15 bits per heavy atom. The second kappa shape index (κ2) is 6.43. The molecule has 1 aromatic rings. The van der Waals surface area contributed by atoms with E-state index >= 15 is 0 Å². The van der Waals surface area contributed by atoms with E-state index in [0.717, 1.165) is 6.07 Å². The highest BCUT2D eigenvalue weighted by Gasteiger charge is 2.27. The van der Waals surface area contributed by atoms with Crippen LogP contribution in [0.25, 0.3) is 0 Å². The number of rotatable bonds is 6. The lowest BCUT2D eigenvalue weighted by molar-refractivity contribution is 0.342. The minimum Gasteiger partial charge on any atom is -0.207 e. The van der Waals surface area contributed by atoms with E-state index in [0.29, 0.717) is 13.0 Å². The van der Waals surface area contributed by atoms with Gasteiger partial charge in [0.1, 0.15) is 0 Å². The number of hydrogen-bond donors (Lipinski definition) is 0. The summed E-state index contributed by atoms with van der Waals surface area (Å²) in [5.41, 5.74) is 0. The molecule has 0 aliphatic rings. The molecule has 0 heterocycles. The first-order valence-electron chi connectivity index (χ1n) is 6.21. The molecule has 0 saturated carbocycles. The third-order valence-corrected chi connectivity index (χ3v) is 6.52. The van der Waals surface area contributed by atoms with Gasteiger partial charge in [-0.05, 0) is 31.5 Å². The fourth-order valence-corrected chi connectivity index (χ4v) is 4.48. The molecule has 1 unspecified atom stereocenters. The van der Waals surface area contributed by atoms with Crippen LogP contribution >= 0.6 is 10.7 Å². The van der Waals surface area contributed by atoms with Gasteiger partial charge in [-0.15, -0.1) is 0 Å². The van der Waals surface area contributed by atoms with Crippen molar-refractivity contribution in [3.8, 4) is 0 Å². The number of hydrogen-bond acceptors (Lipinski definition) is 4. The molecule has 8 heteroatoms. The summed E-state index contributed by atoms with van der Waals surface area (Å²) < 4.78 is 49.0. The van der Waals surface area contributed by atoms with Crippen molar-refractivity contribution in [1.29, 1.82) is 0 Å². The van der Waals surface area contributed by atoms with E-state index in [4.69, 9.17) is 10.7 Å². The molecule has 0 bridgehead atoms. The molecular formula is C12H18ClNO4S2.